The average Bonchev–Trinajstić information content (AvgIpc) is 2.93. The molecule has 41 heavy (non-hydrogen) atoms. The number of nitrogens with one attached hydrogen (secondary N) is 3. The zero-order chi connectivity index (χ0) is 30.7. The third kappa shape index (κ3) is 11.6. The van der Waals surface area contributed by atoms with Gasteiger partial charge in [0.2, 0.25) is 12.2 Å². The van der Waals surface area contributed by atoms with Crippen molar-refractivity contribution in [1.29, 1.82) is 0 Å². The van der Waals surface area contributed by atoms with Crippen LogP contribution in [0.5, 0.6) is 5.75 Å². The lowest BCUT2D eigenvalue weighted by Gasteiger charge is -2.35. The summed E-state index contributed by atoms with van der Waals surface area (Å²) in [5.74, 6) is -0.500. The normalized spacial score (nSPS) is 23.9. The van der Waals surface area contributed by atoms with E-state index in [9.17, 15) is 30.0 Å². The molecule has 1 amide bonds. The minimum atomic E-state index is -1.51. The summed E-state index contributed by atoms with van der Waals surface area (Å²) in [6.45, 7) is 6.06. The highest BCUT2D eigenvalue weighted by molar-refractivity contribution is 14.1. The van der Waals surface area contributed by atoms with Crippen LogP contribution in [0.2, 0.25) is 0 Å². The van der Waals surface area contributed by atoms with Crippen molar-refractivity contribution in [1.82, 2.24) is 10.6 Å². The number of halogens is 2. The number of aliphatic hydroxyl groups excluding tert-OH is 4. The number of carbonyl (C=O) groups excluding carboxylic acids is 2. The maximum atomic E-state index is 13.6. The van der Waals surface area contributed by atoms with E-state index in [1.54, 1.807) is 25.1 Å². The summed E-state index contributed by atoms with van der Waals surface area (Å²) in [6, 6.07) is 4.35. The number of aliphatic hydroxyl groups is 4. The summed E-state index contributed by atoms with van der Waals surface area (Å²) < 4.78 is 16.5. The van der Waals surface area contributed by atoms with Crippen molar-refractivity contribution < 1.29 is 44.2 Å². The fraction of sp³-hybridized carbons (Fsp3) is 0.692. The Morgan fingerprint density at radius 3 is 2.54 bits per heavy atom. The minimum absolute atomic E-state index is 0.0831. The zero-order valence-corrected chi connectivity index (χ0v) is 27.6. The Balaban J connectivity index is 2.24. The highest BCUT2D eigenvalue weighted by Crippen LogP contribution is 2.31. The molecule has 1 fully saturated rings. The fourth-order valence-corrected chi connectivity index (χ4v) is 4.86. The van der Waals surface area contributed by atoms with Gasteiger partial charge in [0.05, 0.1) is 29.6 Å². The maximum absolute atomic E-state index is 13.6. The Kier molecular flexibility index (Phi) is 16.0. The first kappa shape index (κ1) is 36.3. The minimum Gasteiger partial charge on any atom is -0.460 e. The molecule has 1 heterocycles. The zero-order valence-electron chi connectivity index (χ0n) is 23.3. The van der Waals surface area contributed by atoms with Crippen LogP contribution in [-0.2, 0) is 25.7 Å². The second kappa shape index (κ2) is 18.0. The van der Waals surface area contributed by atoms with Crippen molar-refractivity contribution >= 4 is 62.6 Å². The monoisotopic (exact) mass is 808 g/mol. The second-order valence-electron chi connectivity index (χ2n) is 10.2. The van der Waals surface area contributed by atoms with Gasteiger partial charge in [-0.15, -0.1) is 0 Å². The first-order valence-electron chi connectivity index (χ1n) is 13.4. The van der Waals surface area contributed by atoms with Gasteiger partial charge in [0.15, 0.2) is 12.1 Å². The Hall–Kier alpha value is -0.900. The number of benzene rings is 1. The average molecular weight is 808 g/mol. The number of amides is 1. The van der Waals surface area contributed by atoms with E-state index in [0.717, 1.165) is 5.56 Å². The Morgan fingerprint density at radius 1 is 1.20 bits per heavy atom. The molecular weight excluding hydrogens is 766 g/mol. The lowest BCUT2D eigenvalue weighted by Crippen LogP contribution is -2.54. The van der Waals surface area contributed by atoms with Crippen LogP contribution in [0.3, 0.4) is 0 Å². The van der Waals surface area contributed by atoms with Gasteiger partial charge >= 0.3 is 0 Å². The molecule has 0 spiro atoms. The first-order valence-corrected chi connectivity index (χ1v) is 16.1. The molecule has 0 saturated carbocycles. The molecule has 1 aliphatic heterocycles. The van der Waals surface area contributed by atoms with Crippen LogP contribution in [-0.4, -0.2) is 90.9 Å². The van der Waals surface area contributed by atoms with Gasteiger partial charge in [-0.1, -0.05) is 72.0 Å². The van der Waals surface area contributed by atoms with Crippen molar-refractivity contribution in [3.8, 4) is 5.75 Å². The summed E-state index contributed by atoms with van der Waals surface area (Å²) in [6.07, 6.45) is -5.89. The van der Waals surface area contributed by atoms with E-state index in [2.05, 4.69) is 38.5 Å². The van der Waals surface area contributed by atoms with Gasteiger partial charge in [-0.25, -0.2) is 0 Å². The molecule has 0 aromatic heterocycles. The number of nitrogens with two attached hydrogens (primary N) is 1. The summed E-state index contributed by atoms with van der Waals surface area (Å²) >= 11 is 4.02. The van der Waals surface area contributed by atoms with E-state index >= 15 is 0 Å². The summed E-state index contributed by atoms with van der Waals surface area (Å²) in [5.41, 5.74) is 6.48. The Morgan fingerprint density at radius 2 is 1.90 bits per heavy atom. The third-order valence-corrected chi connectivity index (χ3v) is 8.08. The van der Waals surface area contributed by atoms with Crippen LogP contribution in [0.25, 0.3) is 0 Å². The predicted octanol–water partition coefficient (Wildman–Crippen LogP) is 0.537. The highest BCUT2D eigenvalue weighted by atomic mass is 127. The van der Waals surface area contributed by atoms with E-state index in [4.69, 9.17) is 19.9 Å². The predicted molar refractivity (Wildman–Crippen MR) is 168 cm³/mol. The number of ketones is 1. The number of ether oxygens (including phenoxy) is 3. The molecule has 2 rings (SSSR count). The van der Waals surface area contributed by atoms with Crippen molar-refractivity contribution in [2.24, 2.45) is 17.6 Å². The van der Waals surface area contributed by atoms with E-state index in [-0.39, 0.29) is 42.5 Å². The fourth-order valence-electron chi connectivity index (χ4n) is 3.87. The molecule has 1 saturated heterocycles. The topological polar surface area (TPSA) is 205 Å². The number of anilines is 1. The number of hydrogen-bond acceptors (Lipinski definition) is 12. The molecule has 15 heteroatoms. The molecule has 1 aromatic carbocycles. The van der Waals surface area contributed by atoms with Crippen molar-refractivity contribution in [2.45, 2.75) is 81.3 Å². The lowest BCUT2D eigenvalue weighted by atomic mass is 9.96. The third-order valence-electron chi connectivity index (χ3n) is 6.72. The number of alkyl halides is 2. The molecule has 2 unspecified atom stereocenters. The molecule has 9 N–H and O–H groups in total. The van der Waals surface area contributed by atoms with Gasteiger partial charge in [0, 0.05) is 5.92 Å². The van der Waals surface area contributed by atoms with Crippen LogP contribution < -0.4 is 26.4 Å². The van der Waals surface area contributed by atoms with Gasteiger partial charge in [-0.3, -0.25) is 20.6 Å². The molecule has 8 atom stereocenters. The number of carbonyl (C=O) groups is 2. The second-order valence-corrected chi connectivity index (χ2v) is 12.1. The Labute approximate surface area is 267 Å². The van der Waals surface area contributed by atoms with E-state index < -0.39 is 41.0 Å². The molecule has 13 nitrogen and oxygen atoms in total. The quantitative estimate of drug-likeness (QED) is 0.0358. The van der Waals surface area contributed by atoms with Gasteiger partial charge in [-0.2, -0.15) is 0 Å². The van der Waals surface area contributed by atoms with Crippen LogP contribution in [0.1, 0.15) is 39.2 Å². The summed E-state index contributed by atoms with van der Waals surface area (Å²) in [4.78, 5) is 26.4. The van der Waals surface area contributed by atoms with Gasteiger partial charge in [0.25, 0.3) is 0 Å². The molecule has 0 radical (unpaired) electrons. The van der Waals surface area contributed by atoms with Crippen LogP contribution in [0.15, 0.2) is 18.2 Å². The van der Waals surface area contributed by atoms with E-state index in [0.29, 0.717) is 29.7 Å². The van der Waals surface area contributed by atoms with Crippen LogP contribution in [0.4, 0.5) is 5.69 Å². The SMILES string of the molecule is CC(C)[C@H](C)C(=O)N[C@@H](CCCNC(N)O)C(=O)[C@H](I)Nc1ccc(COCI)cc1OC1OC[C@H](O)[C@@H](O)[C@@H]1O. The van der Waals surface area contributed by atoms with Gasteiger partial charge in [0.1, 0.15) is 28.1 Å². The molecule has 0 bridgehead atoms. The molecule has 0 aliphatic carbocycles. The number of Topliss-reactive ketones (excluding diaryl/α,β-unsaturated/α-hetero) is 1. The van der Waals surface area contributed by atoms with Gasteiger partial charge in [-0.05, 0) is 43.0 Å². The van der Waals surface area contributed by atoms with Crippen molar-refractivity contribution in [2.75, 3.05) is 23.1 Å². The largest absolute Gasteiger partial charge is 0.460 e. The lowest BCUT2D eigenvalue weighted by molar-refractivity contribution is -0.241. The summed E-state index contributed by atoms with van der Waals surface area (Å²) in [7, 11) is 0. The molecule has 1 aromatic rings. The highest BCUT2D eigenvalue weighted by Gasteiger charge is 2.39. The van der Waals surface area contributed by atoms with Crippen molar-refractivity contribution in [3.05, 3.63) is 23.8 Å². The van der Waals surface area contributed by atoms with Crippen molar-refractivity contribution in [3.63, 3.8) is 0 Å². The standard InChI is InChI=1S/C26H42I2N4O9/c1-13(2)14(3)24(37)32-17(5-4-8-30-26(29)38)20(34)23(28)31-16-7-6-15(10-39-12-27)9-19(16)41-25-22(36)21(35)18(33)11-40-25/h6-7,9,13-14,17-18,21-23,25-26,30-31,33,35-36,38H,4-5,8,10-12,29H2,1-3H3,(H,32,37)/t14-,17-,18-,21+,22-,23+,25?,26?/m0/s1. The number of rotatable bonds is 17. The maximum Gasteiger partial charge on any atom is 0.228 e. The van der Waals surface area contributed by atoms with Crippen LogP contribution >= 0.6 is 45.2 Å². The van der Waals surface area contributed by atoms with Gasteiger partial charge < -0.3 is 45.3 Å². The van der Waals surface area contributed by atoms with E-state index in [1.165, 1.54) is 0 Å². The first-order chi connectivity index (χ1) is 19.3. The molecular formula is C26H42I2N4O9. The van der Waals surface area contributed by atoms with Crippen LogP contribution in [0, 0.1) is 11.8 Å². The molecule has 1 aliphatic rings. The number of hydrogen-bond donors (Lipinski definition) is 8. The smallest absolute Gasteiger partial charge is 0.228 e. The Bertz CT molecular complexity index is 975. The van der Waals surface area contributed by atoms with E-state index in [1.807, 2.05) is 36.4 Å². The summed E-state index contributed by atoms with van der Waals surface area (Å²) in [5, 5.41) is 48.2. The molecule has 234 valence electrons.